The molecule has 1 aromatic carbocycles. The molecule has 2 aliphatic heterocycles. The minimum Gasteiger partial charge on any atom is -0.354 e. The molecule has 26 heavy (non-hydrogen) atoms. The normalized spacial score (nSPS) is 26.2. The quantitative estimate of drug-likeness (QED) is 0.763. The largest absolute Gasteiger partial charge is 0.354 e. The number of nitrogens with zero attached hydrogens (tertiary/aromatic N) is 3. The minimum absolute atomic E-state index is 0.364. The van der Waals surface area contributed by atoms with Gasteiger partial charge in [0.05, 0.1) is 6.04 Å². The van der Waals surface area contributed by atoms with Crippen molar-refractivity contribution in [1.29, 1.82) is 0 Å². The molecule has 0 saturated carbocycles. The Morgan fingerprint density at radius 2 is 2.12 bits per heavy atom. The Hall–Kier alpha value is -2.02. The van der Waals surface area contributed by atoms with Crippen LogP contribution in [0, 0.1) is 12.8 Å². The van der Waals surface area contributed by atoms with E-state index in [1.807, 2.05) is 12.1 Å². The van der Waals surface area contributed by atoms with Crippen LogP contribution >= 0.6 is 0 Å². The lowest BCUT2D eigenvalue weighted by Crippen LogP contribution is -2.47. The summed E-state index contributed by atoms with van der Waals surface area (Å²) >= 11 is 0. The summed E-state index contributed by atoms with van der Waals surface area (Å²) in [7, 11) is 0. The second-order valence-electron chi connectivity index (χ2n) is 7.45. The van der Waals surface area contributed by atoms with E-state index >= 15 is 0 Å². The third kappa shape index (κ3) is 4.03. The Labute approximate surface area is 155 Å². The van der Waals surface area contributed by atoms with Crippen molar-refractivity contribution in [3.8, 4) is 0 Å². The molecule has 0 amide bonds. The lowest BCUT2D eigenvalue weighted by molar-refractivity contribution is 0.369. The number of aryl methyl sites for hydroxylation is 1. The van der Waals surface area contributed by atoms with Crippen LogP contribution in [0.1, 0.15) is 30.0 Å². The van der Waals surface area contributed by atoms with E-state index in [9.17, 15) is 0 Å². The van der Waals surface area contributed by atoms with Crippen molar-refractivity contribution in [2.45, 2.75) is 31.8 Å². The first-order chi connectivity index (χ1) is 12.8. The Morgan fingerprint density at radius 1 is 1.23 bits per heavy atom. The van der Waals surface area contributed by atoms with Crippen LogP contribution in [0.2, 0.25) is 0 Å². The van der Waals surface area contributed by atoms with Crippen LogP contribution in [0.3, 0.4) is 0 Å². The lowest BCUT2D eigenvalue weighted by Gasteiger charge is -2.34. The molecular weight excluding hydrogens is 324 g/mol. The van der Waals surface area contributed by atoms with Crippen molar-refractivity contribution in [1.82, 2.24) is 26.4 Å². The topological polar surface area (TPSA) is 65.1 Å². The zero-order chi connectivity index (χ0) is 17.8. The maximum Gasteiger partial charge on any atom is 0.151 e. The predicted molar refractivity (Wildman–Crippen MR) is 104 cm³/mol. The van der Waals surface area contributed by atoms with E-state index in [2.05, 4.69) is 62.5 Å². The summed E-state index contributed by atoms with van der Waals surface area (Å²) in [5.74, 6) is 1.53. The highest BCUT2D eigenvalue weighted by atomic mass is 15.4. The Bertz CT molecular complexity index is 689. The van der Waals surface area contributed by atoms with Crippen molar-refractivity contribution in [2.75, 3.05) is 31.1 Å². The molecule has 3 N–H and O–H groups in total. The molecule has 3 unspecified atom stereocenters. The van der Waals surface area contributed by atoms with Crippen LogP contribution in [0.4, 0.5) is 5.82 Å². The standard InChI is InChI=1S/C20H28N6/c1-15-6-8-16(9-7-15)20-17(13-23-25-20)12-21-18-4-3-11-26(14-18)19-5-2-10-22-24-19/h2,5-10,17-18,20-21,23,25H,3-4,11-14H2,1H3. The van der Waals surface area contributed by atoms with Crippen LogP contribution in [0.5, 0.6) is 0 Å². The van der Waals surface area contributed by atoms with Crippen molar-refractivity contribution in [3.05, 3.63) is 53.7 Å². The Balaban J connectivity index is 1.33. The minimum atomic E-state index is 0.364. The highest BCUT2D eigenvalue weighted by Crippen LogP contribution is 2.25. The van der Waals surface area contributed by atoms with Crippen molar-refractivity contribution < 1.29 is 0 Å². The van der Waals surface area contributed by atoms with Crippen molar-refractivity contribution in [2.24, 2.45) is 5.92 Å². The fraction of sp³-hybridized carbons (Fsp3) is 0.500. The molecule has 138 valence electrons. The smallest absolute Gasteiger partial charge is 0.151 e. The van der Waals surface area contributed by atoms with Gasteiger partial charge < -0.3 is 10.2 Å². The maximum atomic E-state index is 4.26. The number of hydrogen-bond donors (Lipinski definition) is 3. The van der Waals surface area contributed by atoms with Gasteiger partial charge in [-0.05, 0) is 37.5 Å². The number of aromatic nitrogens is 2. The summed E-state index contributed by atoms with van der Waals surface area (Å²) in [6.07, 6.45) is 4.14. The van der Waals surface area contributed by atoms with E-state index in [1.165, 1.54) is 24.0 Å². The number of anilines is 1. The zero-order valence-corrected chi connectivity index (χ0v) is 15.4. The molecule has 3 atom stereocenters. The van der Waals surface area contributed by atoms with Gasteiger partial charge in [0.15, 0.2) is 5.82 Å². The highest BCUT2D eigenvalue weighted by molar-refractivity contribution is 5.37. The van der Waals surface area contributed by atoms with Gasteiger partial charge >= 0.3 is 0 Å². The highest BCUT2D eigenvalue weighted by Gasteiger charge is 2.29. The van der Waals surface area contributed by atoms with Crippen molar-refractivity contribution >= 4 is 5.82 Å². The van der Waals surface area contributed by atoms with Gasteiger partial charge in [0.1, 0.15) is 0 Å². The number of nitrogens with one attached hydrogen (secondary N) is 3. The fourth-order valence-electron chi connectivity index (χ4n) is 3.99. The first-order valence-corrected chi connectivity index (χ1v) is 9.60. The van der Waals surface area contributed by atoms with E-state index in [0.29, 0.717) is 18.0 Å². The van der Waals surface area contributed by atoms with E-state index in [4.69, 9.17) is 0 Å². The van der Waals surface area contributed by atoms with Crippen molar-refractivity contribution in [3.63, 3.8) is 0 Å². The summed E-state index contributed by atoms with van der Waals surface area (Å²) in [6, 6.07) is 13.7. The third-order valence-corrected chi connectivity index (χ3v) is 5.50. The average Bonchev–Trinajstić information content (AvgIpc) is 3.16. The van der Waals surface area contributed by atoms with Crippen LogP contribution in [-0.2, 0) is 0 Å². The van der Waals surface area contributed by atoms with Crippen LogP contribution in [-0.4, -0.2) is 42.4 Å². The lowest BCUT2D eigenvalue weighted by atomic mass is 9.93. The van der Waals surface area contributed by atoms with Crippen LogP contribution in [0.15, 0.2) is 42.6 Å². The molecule has 4 rings (SSSR count). The fourth-order valence-corrected chi connectivity index (χ4v) is 3.99. The molecule has 0 spiro atoms. The van der Waals surface area contributed by atoms with Gasteiger partial charge in [0.25, 0.3) is 0 Å². The number of benzene rings is 1. The molecular formula is C20H28N6. The van der Waals surface area contributed by atoms with Gasteiger partial charge in [0, 0.05) is 44.3 Å². The molecule has 3 heterocycles. The predicted octanol–water partition coefficient (Wildman–Crippen LogP) is 1.81. The van der Waals surface area contributed by atoms with Gasteiger partial charge in [0.2, 0.25) is 0 Å². The summed E-state index contributed by atoms with van der Waals surface area (Å²) in [5.41, 5.74) is 9.45. The van der Waals surface area contributed by atoms with Gasteiger partial charge in [-0.2, -0.15) is 5.10 Å². The number of hydrogen-bond acceptors (Lipinski definition) is 6. The number of piperidine rings is 1. The first kappa shape index (κ1) is 17.4. The second kappa shape index (κ2) is 8.12. The van der Waals surface area contributed by atoms with E-state index in [0.717, 1.165) is 32.0 Å². The van der Waals surface area contributed by atoms with Gasteiger partial charge in [-0.15, -0.1) is 5.10 Å². The maximum absolute atomic E-state index is 4.26. The van der Waals surface area contributed by atoms with E-state index in [1.54, 1.807) is 6.20 Å². The Kier molecular flexibility index (Phi) is 5.43. The van der Waals surface area contributed by atoms with E-state index in [-0.39, 0.29) is 0 Å². The molecule has 0 bridgehead atoms. The summed E-state index contributed by atoms with van der Waals surface area (Å²) in [6.45, 7) is 6.20. The van der Waals surface area contributed by atoms with Crippen LogP contribution < -0.4 is 21.1 Å². The monoisotopic (exact) mass is 352 g/mol. The average molecular weight is 352 g/mol. The van der Waals surface area contributed by atoms with Crippen LogP contribution in [0.25, 0.3) is 0 Å². The molecule has 2 aliphatic rings. The molecule has 6 heteroatoms. The molecule has 0 radical (unpaired) electrons. The molecule has 6 nitrogen and oxygen atoms in total. The number of hydrazine groups is 1. The molecule has 2 aromatic rings. The van der Waals surface area contributed by atoms with Gasteiger partial charge in [-0.3, -0.25) is 5.43 Å². The van der Waals surface area contributed by atoms with E-state index < -0.39 is 0 Å². The summed E-state index contributed by atoms with van der Waals surface area (Å²) in [5, 5.41) is 12.1. The second-order valence-corrected chi connectivity index (χ2v) is 7.45. The summed E-state index contributed by atoms with van der Waals surface area (Å²) in [4.78, 5) is 2.34. The molecule has 2 fully saturated rings. The summed E-state index contributed by atoms with van der Waals surface area (Å²) < 4.78 is 0. The SMILES string of the molecule is Cc1ccc(C2NNCC2CNC2CCCN(c3cccnn3)C2)cc1. The third-order valence-electron chi connectivity index (χ3n) is 5.50. The molecule has 0 aliphatic carbocycles. The van der Waals surface area contributed by atoms with Gasteiger partial charge in [-0.25, -0.2) is 5.43 Å². The number of rotatable bonds is 5. The molecule has 1 aromatic heterocycles. The van der Waals surface area contributed by atoms with Gasteiger partial charge in [-0.1, -0.05) is 29.8 Å². The molecule has 2 saturated heterocycles. The Morgan fingerprint density at radius 3 is 2.92 bits per heavy atom. The first-order valence-electron chi connectivity index (χ1n) is 9.60. The zero-order valence-electron chi connectivity index (χ0n) is 15.4.